The average molecular weight is 413 g/mol. The van der Waals surface area contributed by atoms with E-state index in [0.29, 0.717) is 13.0 Å². The molecule has 30 heavy (non-hydrogen) atoms. The molecular formula is C25H40N4O. The van der Waals surface area contributed by atoms with Gasteiger partial charge in [0.2, 0.25) is 0 Å². The summed E-state index contributed by atoms with van der Waals surface area (Å²) in [5, 5.41) is 13.9. The molecule has 0 radical (unpaired) electrons. The van der Waals surface area contributed by atoms with Crippen molar-refractivity contribution < 1.29 is 5.11 Å². The van der Waals surface area contributed by atoms with Crippen LogP contribution in [0.4, 0.5) is 0 Å². The summed E-state index contributed by atoms with van der Waals surface area (Å²) in [6.45, 7) is 11.2. The van der Waals surface area contributed by atoms with Crippen LogP contribution in [-0.4, -0.2) is 65.8 Å². The Hall–Kier alpha value is -1.79. The van der Waals surface area contributed by atoms with Gasteiger partial charge >= 0.3 is 0 Å². The van der Waals surface area contributed by atoms with Crippen LogP contribution in [0, 0.1) is 0 Å². The maximum Gasteiger partial charge on any atom is 0.0707 e. The van der Waals surface area contributed by atoms with E-state index in [1.54, 1.807) is 0 Å². The van der Waals surface area contributed by atoms with Gasteiger partial charge < -0.3 is 15.3 Å². The van der Waals surface area contributed by atoms with Crippen molar-refractivity contribution in [1.29, 1.82) is 0 Å². The van der Waals surface area contributed by atoms with Crippen molar-refractivity contribution in [1.82, 2.24) is 20.1 Å². The Labute approximate surface area is 183 Å². The standard InChI is InChI=1S/C25H40N4O/c1-4-29(5-2)16-10-9-14-26-19-24-17-23(13-15-27-24)20-28(3)21-25(30)18-22-11-7-6-8-12-22/h6-8,11-13,15,17,25-26,30H,4-5,9-10,14,16,18-21H2,1-3H3. The lowest BCUT2D eigenvalue weighted by Crippen LogP contribution is -2.30. The number of aliphatic hydroxyl groups excluding tert-OH is 1. The zero-order valence-corrected chi connectivity index (χ0v) is 19.1. The fourth-order valence-electron chi connectivity index (χ4n) is 3.75. The van der Waals surface area contributed by atoms with Gasteiger partial charge in [-0.3, -0.25) is 9.88 Å². The SMILES string of the molecule is CCN(CC)CCCCNCc1cc(CN(C)CC(O)Cc2ccccc2)ccn1. The van der Waals surface area contributed by atoms with E-state index in [2.05, 4.69) is 65.3 Å². The Morgan fingerprint density at radius 3 is 2.53 bits per heavy atom. The van der Waals surface area contributed by atoms with Crippen molar-refractivity contribution in [2.45, 2.75) is 52.3 Å². The summed E-state index contributed by atoms with van der Waals surface area (Å²) in [5.74, 6) is 0. The lowest BCUT2D eigenvalue weighted by atomic mass is 10.1. The third kappa shape index (κ3) is 9.81. The van der Waals surface area contributed by atoms with Crippen LogP contribution in [0.3, 0.4) is 0 Å². The van der Waals surface area contributed by atoms with Crippen molar-refractivity contribution in [3.8, 4) is 0 Å². The number of aliphatic hydroxyl groups is 1. The molecule has 1 atom stereocenters. The van der Waals surface area contributed by atoms with E-state index in [0.717, 1.165) is 38.4 Å². The first-order valence-corrected chi connectivity index (χ1v) is 11.4. The summed E-state index contributed by atoms with van der Waals surface area (Å²) in [4.78, 5) is 9.14. The summed E-state index contributed by atoms with van der Waals surface area (Å²) in [5.41, 5.74) is 3.49. The van der Waals surface area contributed by atoms with Gasteiger partial charge in [-0.25, -0.2) is 0 Å². The molecule has 5 nitrogen and oxygen atoms in total. The molecule has 0 fully saturated rings. The van der Waals surface area contributed by atoms with E-state index in [4.69, 9.17) is 0 Å². The van der Waals surface area contributed by atoms with Gasteiger partial charge in [0.25, 0.3) is 0 Å². The number of hydrogen-bond acceptors (Lipinski definition) is 5. The summed E-state index contributed by atoms with van der Waals surface area (Å²) in [6, 6.07) is 14.4. The highest BCUT2D eigenvalue weighted by molar-refractivity contribution is 5.17. The zero-order valence-electron chi connectivity index (χ0n) is 19.1. The van der Waals surface area contributed by atoms with E-state index in [1.807, 2.05) is 24.4 Å². The van der Waals surface area contributed by atoms with Crippen LogP contribution in [0.5, 0.6) is 0 Å². The van der Waals surface area contributed by atoms with E-state index in [1.165, 1.54) is 30.5 Å². The number of hydrogen-bond donors (Lipinski definition) is 2. The van der Waals surface area contributed by atoms with Gasteiger partial charge in [-0.15, -0.1) is 0 Å². The van der Waals surface area contributed by atoms with Crippen molar-refractivity contribution in [2.75, 3.05) is 39.8 Å². The Bertz CT molecular complexity index is 691. The summed E-state index contributed by atoms with van der Waals surface area (Å²) < 4.78 is 0. The normalized spacial score (nSPS) is 12.6. The Kier molecular flexibility index (Phi) is 11.6. The van der Waals surface area contributed by atoms with Crippen LogP contribution in [-0.2, 0) is 19.5 Å². The number of nitrogens with zero attached hydrogens (tertiary/aromatic N) is 3. The zero-order chi connectivity index (χ0) is 21.6. The van der Waals surface area contributed by atoms with Crippen molar-refractivity contribution >= 4 is 0 Å². The Morgan fingerprint density at radius 1 is 1.03 bits per heavy atom. The molecule has 0 aliphatic rings. The van der Waals surface area contributed by atoms with Gasteiger partial charge in [-0.05, 0) is 75.7 Å². The molecule has 2 N–H and O–H groups in total. The van der Waals surface area contributed by atoms with Crippen molar-refractivity contribution in [3.05, 3.63) is 65.5 Å². The van der Waals surface area contributed by atoms with Crippen LogP contribution in [0.25, 0.3) is 0 Å². The maximum atomic E-state index is 10.4. The second-order valence-corrected chi connectivity index (χ2v) is 8.11. The van der Waals surface area contributed by atoms with Gasteiger partial charge in [0, 0.05) is 25.8 Å². The second kappa shape index (κ2) is 14.3. The molecule has 166 valence electrons. The summed E-state index contributed by atoms with van der Waals surface area (Å²) in [7, 11) is 2.06. The molecule has 0 aliphatic carbocycles. The van der Waals surface area contributed by atoms with E-state index < -0.39 is 0 Å². The lowest BCUT2D eigenvalue weighted by Gasteiger charge is -2.21. The van der Waals surface area contributed by atoms with Gasteiger partial charge in [-0.2, -0.15) is 0 Å². The Balaban J connectivity index is 1.67. The number of nitrogens with one attached hydrogen (secondary N) is 1. The highest BCUT2D eigenvalue weighted by Gasteiger charge is 2.10. The highest BCUT2D eigenvalue weighted by Crippen LogP contribution is 2.08. The summed E-state index contributed by atoms with van der Waals surface area (Å²) in [6.07, 6.45) is 4.64. The van der Waals surface area contributed by atoms with Crippen LogP contribution >= 0.6 is 0 Å². The molecular weight excluding hydrogens is 372 g/mol. The molecule has 0 saturated carbocycles. The molecule has 1 unspecified atom stereocenters. The predicted octanol–water partition coefficient (Wildman–Crippen LogP) is 3.33. The minimum absolute atomic E-state index is 0.364. The maximum absolute atomic E-state index is 10.4. The van der Waals surface area contributed by atoms with Gasteiger partial charge in [-0.1, -0.05) is 44.2 Å². The minimum atomic E-state index is -0.364. The van der Waals surface area contributed by atoms with Gasteiger partial charge in [0.15, 0.2) is 0 Å². The largest absolute Gasteiger partial charge is 0.391 e. The first kappa shape index (κ1) is 24.5. The van der Waals surface area contributed by atoms with Crippen molar-refractivity contribution in [3.63, 3.8) is 0 Å². The molecule has 0 bridgehead atoms. The van der Waals surface area contributed by atoms with E-state index >= 15 is 0 Å². The highest BCUT2D eigenvalue weighted by atomic mass is 16.3. The molecule has 0 amide bonds. The Morgan fingerprint density at radius 2 is 1.80 bits per heavy atom. The molecule has 2 rings (SSSR count). The minimum Gasteiger partial charge on any atom is -0.391 e. The van der Waals surface area contributed by atoms with E-state index in [-0.39, 0.29) is 6.10 Å². The second-order valence-electron chi connectivity index (χ2n) is 8.11. The molecule has 1 heterocycles. The predicted molar refractivity (Wildman–Crippen MR) is 125 cm³/mol. The third-order valence-corrected chi connectivity index (χ3v) is 5.45. The van der Waals surface area contributed by atoms with Crippen LogP contribution in [0.1, 0.15) is 43.5 Å². The number of likely N-dealkylation sites (N-methyl/N-ethyl adjacent to an activating group) is 1. The molecule has 0 saturated heterocycles. The number of aromatic nitrogens is 1. The van der Waals surface area contributed by atoms with Crippen LogP contribution in [0.2, 0.25) is 0 Å². The molecule has 0 spiro atoms. The molecule has 2 aromatic rings. The average Bonchev–Trinajstić information content (AvgIpc) is 2.74. The fourth-order valence-corrected chi connectivity index (χ4v) is 3.75. The first-order chi connectivity index (χ1) is 14.6. The monoisotopic (exact) mass is 412 g/mol. The number of pyridine rings is 1. The van der Waals surface area contributed by atoms with Gasteiger partial charge in [0.05, 0.1) is 11.8 Å². The molecule has 1 aromatic heterocycles. The smallest absolute Gasteiger partial charge is 0.0707 e. The topological polar surface area (TPSA) is 51.6 Å². The molecule has 1 aromatic carbocycles. The molecule has 0 aliphatic heterocycles. The fraction of sp³-hybridized carbons (Fsp3) is 0.560. The first-order valence-electron chi connectivity index (χ1n) is 11.4. The van der Waals surface area contributed by atoms with Gasteiger partial charge in [0.1, 0.15) is 0 Å². The van der Waals surface area contributed by atoms with Crippen LogP contribution < -0.4 is 5.32 Å². The number of unbranched alkanes of at least 4 members (excludes halogenated alkanes) is 1. The lowest BCUT2D eigenvalue weighted by molar-refractivity contribution is 0.123. The number of benzene rings is 1. The van der Waals surface area contributed by atoms with Crippen molar-refractivity contribution in [2.24, 2.45) is 0 Å². The number of rotatable bonds is 15. The molecule has 5 heteroatoms. The quantitative estimate of drug-likeness (QED) is 0.440. The summed E-state index contributed by atoms with van der Waals surface area (Å²) >= 11 is 0. The van der Waals surface area contributed by atoms with Crippen LogP contribution in [0.15, 0.2) is 48.7 Å². The van der Waals surface area contributed by atoms with E-state index in [9.17, 15) is 5.11 Å². The third-order valence-electron chi connectivity index (χ3n) is 5.45.